The molecule has 3 aromatic rings. The number of para-hydroxylation sites is 3. The third kappa shape index (κ3) is 4.77. The molecule has 0 radical (unpaired) electrons. The highest BCUT2D eigenvalue weighted by atomic mass is 16.5. The predicted molar refractivity (Wildman–Crippen MR) is 113 cm³/mol. The molecule has 152 valence electrons. The summed E-state index contributed by atoms with van der Waals surface area (Å²) in [5.74, 6) is 1.10. The maximum atomic E-state index is 12.6. The predicted octanol–water partition coefficient (Wildman–Crippen LogP) is 3.93. The fourth-order valence-corrected chi connectivity index (χ4v) is 3.14. The molecule has 0 bridgehead atoms. The average molecular weight is 393 g/mol. The van der Waals surface area contributed by atoms with Crippen molar-refractivity contribution in [2.24, 2.45) is 0 Å². The van der Waals surface area contributed by atoms with Crippen molar-refractivity contribution in [1.82, 2.24) is 14.7 Å². The lowest BCUT2D eigenvalue weighted by molar-refractivity contribution is -0.132. The first-order valence-corrected chi connectivity index (χ1v) is 9.70. The van der Waals surface area contributed by atoms with Crippen LogP contribution in [0.2, 0.25) is 0 Å². The molecule has 0 fully saturated rings. The van der Waals surface area contributed by atoms with Crippen LogP contribution in [0.25, 0.3) is 5.69 Å². The van der Waals surface area contributed by atoms with Crippen LogP contribution in [-0.4, -0.2) is 40.8 Å². The van der Waals surface area contributed by atoms with E-state index in [1.54, 1.807) is 18.0 Å². The Morgan fingerprint density at radius 3 is 2.28 bits per heavy atom. The zero-order valence-electron chi connectivity index (χ0n) is 17.4. The number of nitrogens with zero attached hydrogens (tertiary/aromatic N) is 3. The Kier molecular flexibility index (Phi) is 6.54. The Morgan fingerprint density at radius 1 is 1.00 bits per heavy atom. The van der Waals surface area contributed by atoms with E-state index in [9.17, 15) is 4.79 Å². The number of amides is 1. The Balaban J connectivity index is 1.67. The molecule has 6 heteroatoms. The third-order valence-electron chi connectivity index (χ3n) is 4.76. The van der Waals surface area contributed by atoms with E-state index in [4.69, 9.17) is 9.47 Å². The zero-order valence-corrected chi connectivity index (χ0v) is 17.4. The molecule has 1 aromatic heterocycles. The summed E-state index contributed by atoms with van der Waals surface area (Å²) >= 11 is 0. The van der Waals surface area contributed by atoms with Gasteiger partial charge in [-0.05, 0) is 45.0 Å². The van der Waals surface area contributed by atoms with Crippen molar-refractivity contribution in [2.45, 2.75) is 27.3 Å². The number of hydrogen-bond acceptors (Lipinski definition) is 4. The Labute approximate surface area is 171 Å². The van der Waals surface area contributed by atoms with Gasteiger partial charge in [-0.1, -0.05) is 30.3 Å². The van der Waals surface area contributed by atoms with Crippen LogP contribution in [0.15, 0.2) is 54.6 Å². The van der Waals surface area contributed by atoms with Crippen molar-refractivity contribution in [1.29, 1.82) is 0 Å². The summed E-state index contributed by atoms with van der Waals surface area (Å²) in [7, 11) is 1.78. The molecule has 0 aliphatic rings. The minimum atomic E-state index is -0.109. The van der Waals surface area contributed by atoms with Crippen LogP contribution in [0.4, 0.5) is 0 Å². The molecule has 6 nitrogen and oxygen atoms in total. The van der Waals surface area contributed by atoms with Crippen molar-refractivity contribution in [3.05, 3.63) is 71.5 Å². The van der Waals surface area contributed by atoms with Crippen LogP contribution in [0.1, 0.15) is 23.9 Å². The molecule has 1 amide bonds. The van der Waals surface area contributed by atoms with Gasteiger partial charge in [0.05, 0.1) is 18.0 Å². The smallest absolute Gasteiger partial charge is 0.260 e. The lowest BCUT2D eigenvalue weighted by Crippen LogP contribution is -2.31. The largest absolute Gasteiger partial charge is 0.490 e. The Hall–Kier alpha value is -3.28. The lowest BCUT2D eigenvalue weighted by atomic mass is 10.2. The van der Waals surface area contributed by atoms with Gasteiger partial charge in [0.25, 0.3) is 5.91 Å². The second kappa shape index (κ2) is 9.28. The Morgan fingerprint density at radius 2 is 1.62 bits per heavy atom. The standard InChI is InChI=1S/C23H27N3O3/c1-5-28-21-13-9-10-14-22(21)29-16-23(27)25(4)15-20-17(2)24-26(18(20)3)19-11-7-6-8-12-19/h6-14H,5,15-16H2,1-4H3. The summed E-state index contributed by atoms with van der Waals surface area (Å²) in [6, 6.07) is 17.3. The summed E-state index contributed by atoms with van der Waals surface area (Å²) < 4.78 is 13.2. The number of aryl methyl sites for hydroxylation is 1. The molecule has 2 aromatic carbocycles. The molecule has 0 aliphatic carbocycles. The molecule has 29 heavy (non-hydrogen) atoms. The number of carbonyl (C=O) groups is 1. The molecule has 0 unspecified atom stereocenters. The van der Waals surface area contributed by atoms with Gasteiger partial charge in [0.2, 0.25) is 0 Å². The number of hydrogen-bond donors (Lipinski definition) is 0. The minimum Gasteiger partial charge on any atom is -0.490 e. The van der Waals surface area contributed by atoms with Gasteiger partial charge < -0.3 is 14.4 Å². The van der Waals surface area contributed by atoms with Gasteiger partial charge in [-0.2, -0.15) is 5.10 Å². The molecule has 0 spiro atoms. The van der Waals surface area contributed by atoms with Crippen molar-refractivity contribution in [3.8, 4) is 17.2 Å². The van der Waals surface area contributed by atoms with Gasteiger partial charge in [0.15, 0.2) is 18.1 Å². The number of rotatable bonds is 8. The molecule has 0 N–H and O–H groups in total. The van der Waals surface area contributed by atoms with E-state index in [0.717, 1.165) is 22.6 Å². The maximum Gasteiger partial charge on any atom is 0.260 e. The van der Waals surface area contributed by atoms with Crippen LogP contribution in [-0.2, 0) is 11.3 Å². The number of benzene rings is 2. The van der Waals surface area contributed by atoms with Gasteiger partial charge in [-0.25, -0.2) is 4.68 Å². The molecule has 0 saturated heterocycles. The average Bonchev–Trinajstić information content (AvgIpc) is 3.02. The van der Waals surface area contributed by atoms with E-state index in [1.165, 1.54) is 0 Å². The zero-order chi connectivity index (χ0) is 20.8. The van der Waals surface area contributed by atoms with Crippen LogP contribution >= 0.6 is 0 Å². The van der Waals surface area contributed by atoms with Crippen LogP contribution in [0.3, 0.4) is 0 Å². The number of likely N-dealkylation sites (N-methyl/N-ethyl adjacent to an activating group) is 1. The van der Waals surface area contributed by atoms with Gasteiger partial charge in [0, 0.05) is 24.8 Å². The van der Waals surface area contributed by atoms with E-state index in [-0.39, 0.29) is 12.5 Å². The number of carbonyl (C=O) groups excluding carboxylic acids is 1. The Bertz CT molecular complexity index is 967. The summed E-state index contributed by atoms with van der Waals surface area (Å²) in [6.07, 6.45) is 0. The lowest BCUT2D eigenvalue weighted by Gasteiger charge is -2.18. The van der Waals surface area contributed by atoms with Gasteiger partial charge in [-0.3, -0.25) is 4.79 Å². The second-order valence-corrected chi connectivity index (χ2v) is 6.81. The molecule has 3 rings (SSSR count). The minimum absolute atomic E-state index is 0.0501. The summed E-state index contributed by atoms with van der Waals surface area (Å²) in [4.78, 5) is 14.3. The first-order chi connectivity index (χ1) is 14.0. The molecular weight excluding hydrogens is 366 g/mol. The first kappa shape index (κ1) is 20.5. The van der Waals surface area contributed by atoms with Crippen LogP contribution in [0.5, 0.6) is 11.5 Å². The molecule has 0 aliphatic heterocycles. The molecule has 1 heterocycles. The molecule has 0 atom stereocenters. The highest BCUT2D eigenvalue weighted by Gasteiger charge is 2.18. The van der Waals surface area contributed by atoms with Gasteiger partial charge >= 0.3 is 0 Å². The van der Waals surface area contributed by atoms with E-state index >= 15 is 0 Å². The summed E-state index contributed by atoms with van der Waals surface area (Å²) in [6.45, 7) is 6.86. The SMILES string of the molecule is CCOc1ccccc1OCC(=O)N(C)Cc1c(C)nn(-c2ccccc2)c1C. The van der Waals surface area contributed by atoms with E-state index in [1.807, 2.05) is 74.0 Å². The summed E-state index contributed by atoms with van der Waals surface area (Å²) in [5, 5.41) is 4.65. The first-order valence-electron chi connectivity index (χ1n) is 9.70. The quantitative estimate of drug-likeness (QED) is 0.582. The fraction of sp³-hybridized carbons (Fsp3) is 0.304. The van der Waals surface area contributed by atoms with Gasteiger partial charge in [0.1, 0.15) is 0 Å². The monoisotopic (exact) mass is 393 g/mol. The second-order valence-electron chi connectivity index (χ2n) is 6.81. The van der Waals surface area contributed by atoms with Gasteiger partial charge in [-0.15, -0.1) is 0 Å². The third-order valence-corrected chi connectivity index (χ3v) is 4.76. The van der Waals surface area contributed by atoms with Crippen molar-refractivity contribution < 1.29 is 14.3 Å². The molecular formula is C23H27N3O3. The number of ether oxygens (including phenoxy) is 2. The van der Waals surface area contributed by atoms with Crippen molar-refractivity contribution in [2.75, 3.05) is 20.3 Å². The number of aromatic nitrogens is 2. The topological polar surface area (TPSA) is 56.6 Å². The highest BCUT2D eigenvalue weighted by molar-refractivity contribution is 5.77. The maximum absolute atomic E-state index is 12.6. The molecule has 0 saturated carbocycles. The van der Waals surface area contributed by atoms with E-state index in [2.05, 4.69) is 5.10 Å². The van der Waals surface area contributed by atoms with E-state index < -0.39 is 0 Å². The fourth-order valence-electron chi connectivity index (χ4n) is 3.14. The normalized spacial score (nSPS) is 10.6. The highest BCUT2D eigenvalue weighted by Crippen LogP contribution is 2.26. The van der Waals surface area contributed by atoms with Crippen molar-refractivity contribution >= 4 is 5.91 Å². The van der Waals surface area contributed by atoms with Crippen molar-refractivity contribution in [3.63, 3.8) is 0 Å². The van der Waals surface area contributed by atoms with Crippen LogP contribution in [0, 0.1) is 13.8 Å². The van der Waals surface area contributed by atoms with Crippen LogP contribution < -0.4 is 9.47 Å². The summed E-state index contributed by atoms with van der Waals surface area (Å²) in [5.41, 5.74) is 3.98. The van der Waals surface area contributed by atoms with E-state index in [0.29, 0.717) is 24.7 Å².